The molecule has 140 valence electrons. The van der Waals surface area contributed by atoms with Gasteiger partial charge in [0.2, 0.25) is 0 Å². The van der Waals surface area contributed by atoms with E-state index in [1.54, 1.807) is 32.9 Å². The topological polar surface area (TPSA) is 113 Å². The number of rotatable bonds is 6. The highest BCUT2D eigenvalue weighted by atomic mass is 16.6. The normalized spacial score (nSPS) is 14.8. The number of hydrogen-bond acceptors (Lipinski definition) is 5. The third-order valence-corrected chi connectivity index (χ3v) is 3.74. The van der Waals surface area contributed by atoms with E-state index in [2.05, 4.69) is 5.32 Å². The summed E-state index contributed by atoms with van der Waals surface area (Å²) in [7, 11) is 0. The van der Waals surface area contributed by atoms with Gasteiger partial charge in [0.15, 0.2) is 0 Å². The van der Waals surface area contributed by atoms with E-state index in [4.69, 9.17) is 4.74 Å². The summed E-state index contributed by atoms with van der Waals surface area (Å²) in [5.41, 5.74) is -0.223. The SMILES string of the molecule is CC(C)(C)OC(=O)NCCCC(C(=O)O)N1C(=O)c2ccccc2C1=O. The fraction of sp³-hybridized carbons (Fsp3) is 0.444. The summed E-state index contributed by atoms with van der Waals surface area (Å²) >= 11 is 0. The Morgan fingerprint density at radius 1 is 1.15 bits per heavy atom. The van der Waals surface area contributed by atoms with Gasteiger partial charge in [-0.25, -0.2) is 9.59 Å². The fourth-order valence-corrected chi connectivity index (χ4v) is 2.65. The number of aliphatic carboxylic acids is 1. The van der Waals surface area contributed by atoms with Gasteiger partial charge in [-0.2, -0.15) is 0 Å². The minimum atomic E-state index is -1.29. The average Bonchev–Trinajstić information content (AvgIpc) is 2.78. The van der Waals surface area contributed by atoms with Crippen LogP contribution in [0.2, 0.25) is 0 Å². The quantitative estimate of drug-likeness (QED) is 0.591. The molecule has 1 aromatic carbocycles. The first kappa shape index (κ1) is 19.4. The zero-order valence-corrected chi connectivity index (χ0v) is 14.9. The molecule has 0 saturated carbocycles. The summed E-state index contributed by atoms with van der Waals surface area (Å²) in [5.74, 6) is -2.49. The molecule has 26 heavy (non-hydrogen) atoms. The monoisotopic (exact) mass is 362 g/mol. The van der Waals surface area contributed by atoms with E-state index >= 15 is 0 Å². The number of fused-ring (bicyclic) bond motifs is 1. The average molecular weight is 362 g/mol. The summed E-state index contributed by atoms with van der Waals surface area (Å²) in [5, 5.41) is 12.0. The lowest BCUT2D eigenvalue weighted by Crippen LogP contribution is -2.45. The van der Waals surface area contributed by atoms with E-state index in [-0.39, 0.29) is 30.5 Å². The summed E-state index contributed by atoms with van der Waals surface area (Å²) in [4.78, 5) is 48.7. The lowest BCUT2D eigenvalue weighted by molar-refractivity contribution is -0.141. The lowest BCUT2D eigenvalue weighted by atomic mass is 10.1. The molecule has 8 nitrogen and oxygen atoms in total. The van der Waals surface area contributed by atoms with Crippen LogP contribution in [0, 0.1) is 0 Å². The predicted octanol–water partition coefficient (Wildman–Crippen LogP) is 2.04. The molecule has 8 heteroatoms. The number of alkyl carbamates (subject to hydrolysis) is 1. The van der Waals surface area contributed by atoms with Crippen LogP contribution in [-0.4, -0.2) is 52.1 Å². The van der Waals surface area contributed by atoms with E-state index in [9.17, 15) is 24.3 Å². The van der Waals surface area contributed by atoms with Crippen LogP contribution in [0.15, 0.2) is 24.3 Å². The van der Waals surface area contributed by atoms with Crippen LogP contribution >= 0.6 is 0 Å². The van der Waals surface area contributed by atoms with Crippen molar-refractivity contribution in [1.82, 2.24) is 10.2 Å². The first-order valence-corrected chi connectivity index (χ1v) is 8.28. The second-order valence-corrected chi connectivity index (χ2v) is 6.95. The Balaban J connectivity index is 1.96. The molecule has 0 aromatic heterocycles. The van der Waals surface area contributed by atoms with Gasteiger partial charge in [0.25, 0.3) is 11.8 Å². The largest absolute Gasteiger partial charge is 0.480 e. The summed E-state index contributed by atoms with van der Waals surface area (Å²) in [6.45, 7) is 5.36. The van der Waals surface area contributed by atoms with Crippen molar-refractivity contribution in [2.75, 3.05) is 6.54 Å². The number of hydrogen-bond donors (Lipinski definition) is 2. The molecule has 3 amide bonds. The Morgan fingerprint density at radius 2 is 1.69 bits per heavy atom. The molecule has 0 spiro atoms. The van der Waals surface area contributed by atoms with Crippen molar-refractivity contribution in [2.24, 2.45) is 0 Å². The number of carbonyl (C=O) groups excluding carboxylic acids is 3. The molecule has 1 aliphatic heterocycles. The minimum Gasteiger partial charge on any atom is -0.480 e. The molecular weight excluding hydrogens is 340 g/mol. The van der Waals surface area contributed by atoms with E-state index in [0.717, 1.165) is 4.90 Å². The maximum absolute atomic E-state index is 12.4. The molecule has 0 saturated heterocycles. The first-order valence-electron chi connectivity index (χ1n) is 8.28. The number of benzene rings is 1. The van der Waals surface area contributed by atoms with Gasteiger partial charge < -0.3 is 15.2 Å². The third-order valence-electron chi connectivity index (χ3n) is 3.74. The number of nitrogens with one attached hydrogen (secondary N) is 1. The van der Waals surface area contributed by atoms with Crippen LogP contribution < -0.4 is 5.32 Å². The van der Waals surface area contributed by atoms with Crippen LogP contribution in [0.25, 0.3) is 0 Å². The van der Waals surface area contributed by atoms with Gasteiger partial charge in [0, 0.05) is 6.54 Å². The summed E-state index contributed by atoms with van der Waals surface area (Å²) in [6.07, 6.45) is -0.315. The van der Waals surface area contributed by atoms with E-state index < -0.39 is 35.5 Å². The number of amides is 3. The van der Waals surface area contributed by atoms with Crippen molar-refractivity contribution in [2.45, 2.75) is 45.3 Å². The van der Waals surface area contributed by atoms with Crippen molar-refractivity contribution >= 4 is 23.9 Å². The van der Waals surface area contributed by atoms with Gasteiger partial charge in [0.1, 0.15) is 11.6 Å². The number of carboxylic acids is 1. The number of carboxylic acid groups (broad SMARTS) is 1. The second-order valence-electron chi connectivity index (χ2n) is 6.95. The Hall–Kier alpha value is -2.90. The minimum absolute atomic E-state index is 0.0244. The zero-order chi connectivity index (χ0) is 19.5. The van der Waals surface area contributed by atoms with Crippen molar-refractivity contribution in [3.8, 4) is 0 Å². The van der Waals surface area contributed by atoms with Crippen molar-refractivity contribution in [3.05, 3.63) is 35.4 Å². The van der Waals surface area contributed by atoms with E-state index in [0.29, 0.717) is 0 Å². The van der Waals surface area contributed by atoms with Crippen LogP contribution in [0.4, 0.5) is 4.79 Å². The molecule has 1 aromatic rings. The third kappa shape index (κ3) is 4.38. The summed E-state index contributed by atoms with van der Waals surface area (Å²) < 4.78 is 5.08. The first-order chi connectivity index (χ1) is 12.1. The number of ether oxygens (including phenoxy) is 1. The van der Waals surface area contributed by atoms with Gasteiger partial charge in [-0.1, -0.05) is 12.1 Å². The number of imide groups is 1. The standard InChI is InChI=1S/C18H22N2O6/c1-18(2,3)26-17(25)19-10-6-9-13(16(23)24)20-14(21)11-7-4-5-8-12(11)15(20)22/h4-5,7-8,13H,6,9-10H2,1-3H3,(H,19,25)(H,23,24). The van der Waals surface area contributed by atoms with Crippen LogP contribution in [-0.2, 0) is 9.53 Å². The molecular formula is C18H22N2O6. The van der Waals surface area contributed by atoms with Crippen molar-refractivity contribution in [1.29, 1.82) is 0 Å². The smallest absolute Gasteiger partial charge is 0.407 e. The second kappa shape index (κ2) is 7.55. The number of nitrogens with zero attached hydrogens (tertiary/aromatic N) is 1. The van der Waals surface area contributed by atoms with Crippen LogP contribution in [0.1, 0.15) is 54.3 Å². The highest BCUT2D eigenvalue weighted by Crippen LogP contribution is 2.26. The van der Waals surface area contributed by atoms with Crippen LogP contribution in [0.5, 0.6) is 0 Å². The Morgan fingerprint density at radius 3 is 2.15 bits per heavy atom. The maximum atomic E-state index is 12.4. The molecule has 1 unspecified atom stereocenters. The Labute approximate surface area is 151 Å². The van der Waals surface area contributed by atoms with Gasteiger partial charge >= 0.3 is 12.1 Å². The van der Waals surface area contributed by atoms with Crippen molar-refractivity contribution in [3.63, 3.8) is 0 Å². The summed E-state index contributed by atoms with van der Waals surface area (Å²) in [6, 6.07) is 4.95. The van der Waals surface area contributed by atoms with E-state index in [1.807, 2.05) is 0 Å². The molecule has 0 aliphatic carbocycles. The molecule has 1 atom stereocenters. The molecule has 1 heterocycles. The van der Waals surface area contributed by atoms with Gasteiger partial charge in [-0.15, -0.1) is 0 Å². The maximum Gasteiger partial charge on any atom is 0.407 e. The van der Waals surface area contributed by atoms with Gasteiger partial charge in [-0.05, 0) is 45.7 Å². The number of carbonyl (C=O) groups is 4. The van der Waals surface area contributed by atoms with Gasteiger partial charge in [0.05, 0.1) is 11.1 Å². The van der Waals surface area contributed by atoms with Crippen LogP contribution in [0.3, 0.4) is 0 Å². The highest BCUT2D eigenvalue weighted by Gasteiger charge is 2.42. The molecule has 1 aliphatic rings. The van der Waals surface area contributed by atoms with Gasteiger partial charge in [-0.3, -0.25) is 14.5 Å². The molecule has 2 N–H and O–H groups in total. The lowest BCUT2D eigenvalue weighted by Gasteiger charge is -2.23. The molecule has 2 rings (SSSR count). The molecule has 0 fully saturated rings. The van der Waals surface area contributed by atoms with Crippen molar-refractivity contribution < 1.29 is 29.0 Å². The molecule has 0 radical (unpaired) electrons. The fourth-order valence-electron chi connectivity index (χ4n) is 2.65. The predicted molar refractivity (Wildman–Crippen MR) is 91.8 cm³/mol. The molecule has 0 bridgehead atoms. The Kier molecular flexibility index (Phi) is 5.64. The highest BCUT2D eigenvalue weighted by molar-refractivity contribution is 6.22. The zero-order valence-electron chi connectivity index (χ0n) is 14.9. The van der Waals surface area contributed by atoms with E-state index in [1.165, 1.54) is 12.1 Å². The Bertz CT molecular complexity index is 702.